The van der Waals surface area contributed by atoms with Crippen LogP contribution in [-0.2, 0) is 0 Å². The van der Waals surface area contributed by atoms with Crippen LogP contribution < -0.4 is 60.3 Å². The Morgan fingerprint density at radius 1 is 0.333 bits per heavy atom. The zero-order valence-corrected chi connectivity index (χ0v) is 50.9. The van der Waals surface area contributed by atoms with Crippen LogP contribution >= 0.6 is 47.8 Å². The van der Waals surface area contributed by atoms with Crippen molar-refractivity contribution < 1.29 is 42.8 Å². The highest BCUT2D eigenvalue weighted by Gasteiger charge is 2.70. The van der Waals surface area contributed by atoms with Crippen LogP contribution in [0.25, 0.3) is 32.3 Å². The predicted molar refractivity (Wildman–Crippen MR) is 332 cm³/mol. The highest BCUT2D eigenvalue weighted by atomic mass is 79.9. The molecule has 7 aromatic rings. The Kier molecular flexibility index (Phi) is 12.2. The number of anilines is 3. The summed E-state index contributed by atoms with van der Waals surface area (Å²) >= 11 is 10.6. The third kappa shape index (κ3) is 8.06. The average Bonchev–Trinajstić information content (AvgIpc) is 1.54. The van der Waals surface area contributed by atoms with Gasteiger partial charge in [0.05, 0.1) is 0 Å². The Hall–Kier alpha value is -6.63. The van der Waals surface area contributed by atoms with Crippen molar-refractivity contribution in [3.05, 3.63) is 123 Å². The van der Waals surface area contributed by atoms with Crippen LogP contribution in [0.15, 0.2) is 123 Å². The van der Waals surface area contributed by atoms with Gasteiger partial charge in [0.2, 0.25) is 0 Å². The zero-order chi connectivity index (χ0) is 56.8. The van der Waals surface area contributed by atoms with Crippen molar-refractivity contribution in [2.24, 2.45) is 17.8 Å². The molecule has 6 N–H and O–H groups in total. The quantitative estimate of drug-likeness (QED) is 0.0884. The molecule has 6 aliphatic carbocycles. The van der Waals surface area contributed by atoms with E-state index < -0.39 is 34.0 Å². The molecular formula is C66H63Br3N6O9. The van der Waals surface area contributed by atoms with Gasteiger partial charge in [-0.25, -0.2) is 14.4 Å². The minimum absolute atomic E-state index is 0.0210. The molecule has 6 saturated carbocycles. The molecule has 6 amide bonds. The van der Waals surface area contributed by atoms with Gasteiger partial charge in [0.15, 0.2) is 34.5 Å². The summed E-state index contributed by atoms with van der Waals surface area (Å²) in [6, 6.07) is 34.5. The first-order valence-electron chi connectivity index (χ1n) is 30.0. The second kappa shape index (κ2) is 19.4. The smallest absolute Gasteiger partial charge is 0.319 e. The van der Waals surface area contributed by atoms with E-state index in [9.17, 15) is 14.4 Å². The lowest BCUT2D eigenvalue weighted by Gasteiger charge is -2.56. The SMILES string of the molecule is O=C(Nc1ccc(Br)cc1)NC12CCCC(CCC1)C21Oc2cc3c4cc5c(cc4c4cc6c(cc4c3cc2O1)OC1(O6)C2CCCC1(NC(=O)Nc1ccc(Br)cc1)CCC2)OC1(O5)C2CCCC1(NC(=O)Nc1ccc(Br)cc1)CCC2. The molecule has 18 heteroatoms. The molecule has 9 aliphatic rings. The predicted octanol–water partition coefficient (Wildman–Crippen LogP) is 16.5. The largest absolute Gasteiger partial charge is 0.446 e. The highest BCUT2D eigenvalue weighted by molar-refractivity contribution is 9.11. The fourth-order valence-electron chi connectivity index (χ4n) is 17.1. The molecule has 0 atom stereocenters. The molecule has 0 radical (unpaired) electrons. The molecule has 0 unspecified atom stereocenters. The van der Waals surface area contributed by atoms with Crippen molar-refractivity contribution in [3.63, 3.8) is 0 Å². The van der Waals surface area contributed by atoms with Crippen LogP contribution in [0.2, 0.25) is 0 Å². The van der Waals surface area contributed by atoms with Crippen molar-refractivity contribution in [2.75, 3.05) is 16.0 Å². The first kappa shape index (κ1) is 52.9. The molecular weight excluding hydrogens is 1260 g/mol. The summed E-state index contributed by atoms with van der Waals surface area (Å²) in [5, 5.41) is 25.1. The molecule has 3 spiro atoms. The Balaban J connectivity index is 0.821. The number of carbonyl (C=O) groups excluding carboxylic acids is 3. The molecule has 6 fully saturated rings. The Morgan fingerprint density at radius 3 is 0.738 bits per heavy atom. The lowest BCUT2D eigenvalue weighted by atomic mass is 9.62. The second-order valence-corrected chi connectivity index (χ2v) is 27.8. The van der Waals surface area contributed by atoms with E-state index in [4.69, 9.17) is 28.4 Å². The molecule has 0 aromatic heterocycles. The molecule has 6 bridgehead atoms. The lowest BCUT2D eigenvalue weighted by Crippen LogP contribution is -2.74. The fourth-order valence-corrected chi connectivity index (χ4v) is 17.9. The minimum atomic E-state index is -1.16. The number of amides is 6. The molecule has 16 rings (SSSR count). The van der Waals surface area contributed by atoms with Gasteiger partial charge >= 0.3 is 18.1 Å². The molecule has 3 aliphatic heterocycles. The third-order valence-corrected chi connectivity index (χ3v) is 22.2. The summed E-state index contributed by atoms with van der Waals surface area (Å²) in [4.78, 5) is 42.5. The maximum Gasteiger partial charge on any atom is 0.319 e. The van der Waals surface area contributed by atoms with Crippen LogP contribution in [-0.4, -0.2) is 52.1 Å². The van der Waals surface area contributed by atoms with Crippen molar-refractivity contribution in [2.45, 2.75) is 150 Å². The molecule has 3 heterocycles. The molecule has 84 heavy (non-hydrogen) atoms. The molecule has 432 valence electrons. The van der Waals surface area contributed by atoms with Crippen molar-refractivity contribution >= 4 is 115 Å². The third-order valence-electron chi connectivity index (χ3n) is 20.6. The maximum atomic E-state index is 14.2. The Labute approximate surface area is 511 Å². The lowest BCUT2D eigenvalue weighted by molar-refractivity contribution is -0.222. The van der Waals surface area contributed by atoms with Gasteiger partial charge in [-0.2, -0.15) is 0 Å². The minimum Gasteiger partial charge on any atom is -0.446 e. The Morgan fingerprint density at radius 2 is 0.536 bits per heavy atom. The van der Waals surface area contributed by atoms with E-state index in [-0.39, 0.29) is 35.8 Å². The summed E-state index contributed by atoms with van der Waals surface area (Å²) in [5.74, 6) is 0.235. The first-order chi connectivity index (χ1) is 40.8. The fraction of sp³-hybridized carbons (Fsp3) is 0.409. The van der Waals surface area contributed by atoms with Crippen LogP contribution in [0.5, 0.6) is 34.5 Å². The monoisotopic (exact) mass is 1320 g/mol. The van der Waals surface area contributed by atoms with E-state index in [0.29, 0.717) is 90.1 Å². The van der Waals surface area contributed by atoms with E-state index in [1.165, 1.54) is 0 Å². The van der Waals surface area contributed by atoms with E-state index in [1.54, 1.807) is 0 Å². The van der Waals surface area contributed by atoms with Crippen molar-refractivity contribution in [1.82, 2.24) is 16.0 Å². The van der Waals surface area contributed by atoms with E-state index in [0.717, 1.165) is 123 Å². The van der Waals surface area contributed by atoms with Crippen LogP contribution in [0, 0.1) is 17.8 Å². The Bertz CT molecular complexity index is 3340. The number of hydrogen-bond acceptors (Lipinski definition) is 9. The van der Waals surface area contributed by atoms with Gasteiger partial charge < -0.3 is 60.3 Å². The number of carbonyl (C=O) groups is 3. The number of halogens is 3. The topological polar surface area (TPSA) is 179 Å². The maximum absolute atomic E-state index is 14.2. The van der Waals surface area contributed by atoms with E-state index in [1.807, 2.05) is 72.8 Å². The number of hydrogen-bond donors (Lipinski definition) is 6. The van der Waals surface area contributed by atoms with E-state index >= 15 is 0 Å². The normalized spacial score (nSPS) is 30.8. The van der Waals surface area contributed by atoms with Crippen LogP contribution in [0.1, 0.15) is 116 Å². The second-order valence-electron chi connectivity index (χ2n) is 25.1. The van der Waals surface area contributed by atoms with Gasteiger partial charge in [-0.1, -0.05) is 86.3 Å². The molecule has 7 aromatic carbocycles. The van der Waals surface area contributed by atoms with Crippen molar-refractivity contribution in [1.29, 1.82) is 0 Å². The number of ether oxygens (including phenoxy) is 6. The number of rotatable bonds is 6. The summed E-state index contributed by atoms with van der Waals surface area (Å²) in [6.07, 6.45) is 15.1. The van der Waals surface area contributed by atoms with Crippen LogP contribution in [0.3, 0.4) is 0 Å². The van der Waals surface area contributed by atoms with Gasteiger partial charge in [0.1, 0.15) is 16.6 Å². The zero-order valence-electron chi connectivity index (χ0n) is 46.2. The van der Waals surface area contributed by atoms with Gasteiger partial charge in [-0.15, -0.1) is 0 Å². The number of urea groups is 3. The van der Waals surface area contributed by atoms with Crippen LogP contribution in [0.4, 0.5) is 31.4 Å². The van der Waals surface area contributed by atoms with Gasteiger partial charge in [0, 0.05) is 48.2 Å². The van der Waals surface area contributed by atoms with Gasteiger partial charge in [-0.05, 0) is 219 Å². The molecule has 15 nitrogen and oxygen atoms in total. The van der Waals surface area contributed by atoms with Gasteiger partial charge in [-0.3, -0.25) is 0 Å². The number of fused-ring (bicyclic) bond motifs is 9. The standard InChI is InChI=1S/C66H63Br3N6O9/c67-40-13-19-43(20-14-40)70-58(76)73-61-25-1-7-37(8-2-26-61)64(61)79-52-31-46-47(32-53(52)80-64)49-34-55-57(84-66(82-55)39-11-5-29-63(66,30-6-12-39)75-60(78)72-45-23-17-42(69)18-24-45)36-51(49)50-35-56-54(33-48(46)50)81-65(83-56)38-9-3-27-62(65,28-4-10-38)74-59(77)71-44-21-15-41(68)16-22-44/h13-24,31-39H,1-12,25-30H2,(H2,70,73,76)(H2,71,74,77)(H2,72,75,78). The highest BCUT2D eigenvalue weighted by Crippen LogP contribution is 2.63. The number of benzene rings is 7. The number of nitrogens with one attached hydrogen (secondary N) is 6. The summed E-state index contributed by atoms with van der Waals surface area (Å²) in [6.45, 7) is 0. The summed E-state index contributed by atoms with van der Waals surface area (Å²) < 4.78 is 47.1. The van der Waals surface area contributed by atoms with Gasteiger partial charge in [0.25, 0.3) is 17.4 Å². The van der Waals surface area contributed by atoms with E-state index in [2.05, 4.69) is 116 Å². The first-order valence-corrected chi connectivity index (χ1v) is 32.4. The van der Waals surface area contributed by atoms with Crippen molar-refractivity contribution in [3.8, 4) is 34.5 Å². The average molecular weight is 1320 g/mol. The summed E-state index contributed by atoms with van der Waals surface area (Å²) in [5.41, 5.74) is -0.408. The molecule has 0 saturated heterocycles. The summed E-state index contributed by atoms with van der Waals surface area (Å²) in [7, 11) is 0.